The van der Waals surface area contributed by atoms with E-state index in [0.29, 0.717) is 0 Å². The molecule has 0 nitrogen and oxygen atoms in total. The molecule has 0 spiro atoms. The summed E-state index contributed by atoms with van der Waals surface area (Å²) in [6.45, 7) is 0. The Morgan fingerprint density at radius 3 is 0.800 bits per heavy atom. The van der Waals surface area contributed by atoms with Crippen LogP contribution in [0.3, 0.4) is 0 Å². The molecule has 0 aromatic carbocycles. The molecule has 5 heteroatoms. The van der Waals surface area contributed by atoms with Crippen molar-refractivity contribution in [2.45, 2.75) is 0 Å². The van der Waals surface area contributed by atoms with Gasteiger partial charge in [-0.15, -0.1) is 0 Å². The molecule has 0 fully saturated rings. The Bertz CT molecular complexity index is 9.61. The van der Waals surface area contributed by atoms with Gasteiger partial charge in [0.05, 0.1) is 0 Å². The Labute approximate surface area is 124 Å². The van der Waals surface area contributed by atoms with Crippen LogP contribution in [0.5, 0.6) is 0 Å². The van der Waals surface area contributed by atoms with Crippen molar-refractivity contribution in [1.82, 2.24) is 0 Å². The van der Waals surface area contributed by atoms with E-state index in [-0.39, 0.29) is 128 Å². The normalized spacial score (nSPS) is 0. The summed E-state index contributed by atoms with van der Waals surface area (Å²) in [7, 11) is 0. The molecule has 0 saturated carbocycles. The molecule has 0 bridgehead atoms. The third kappa shape index (κ3) is 17.8. The second-order valence-electron chi connectivity index (χ2n) is 0. The molecule has 0 atom stereocenters. The zero-order valence-electron chi connectivity index (χ0n) is 2.39. The van der Waals surface area contributed by atoms with Crippen LogP contribution in [-0.2, 0) is 48.6 Å². The second kappa shape index (κ2) is 23.9. The van der Waals surface area contributed by atoms with Crippen LogP contribution < -0.4 is 0 Å². The maximum absolute atomic E-state index is 0. The van der Waals surface area contributed by atoms with Gasteiger partial charge < -0.3 is 0 Å². The van der Waals surface area contributed by atoms with Gasteiger partial charge in [0.15, 0.2) is 0 Å². The van der Waals surface area contributed by atoms with Crippen LogP contribution in [0.1, 0.15) is 0 Å². The Morgan fingerprint density at radius 1 is 0.800 bits per heavy atom. The Kier molecular flexibility index (Phi) is 166. The Morgan fingerprint density at radius 2 is 0.800 bits per heavy atom. The van der Waals surface area contributed by atoms with E-state index in [1.807, 2.05) is 0 Å². The average Bonchev–Trinajstić information content (AvgIpc) is 0. The van der Waals surface area contributed by atoms with Crippen LogP contribution in [0.15, 0.2) is 0 Å². The zero-order chi connectivity index (χ0) is 0. The van der Waals surface area contributed by atoms with Gasteiger partial charge in [-0.05, 0) is 0 Å². The molecule has 0 aromatic heterocycles. The summed E-state index contributed by atoms with van der Waals surface area (Å²) in [5.41, 5.74) is 0. The predicted octanol–water partition coefficient (Wildman–Crippen LogP) is -1.15. The molecule has 0 saturated heterocycles. The molecule has 0 aliphatic rings. The topological polar surface area (TPSA) is 0 Å². The monoisotopic (exact) mass is 720 g/mol. The van der Waals surface area contributed by atoms with E-state index in [1.165, 1.54) is 0 Å². The SMILES string of the molecule is [Nb].[Pb].[Pb].[Sb].[Zr]. The van der Waals surface area contributed by atoms with Gasteiger partial charge in [0.1, 0.15) is 0 Å². The number of rotatable bonds is 0. The smallest absolute Gasteiger partial charge is 0 e. The van der Waals surface area contributed by atoms with Crippen molar-refractivity contribution in [3.63, 3.8) is 0 Å². The van der Waals surface area contributed by atoms with Gasteiger partial charge in [-0.1, -0.05) is 0 Å². The van der Waals surface area contributed by atoms with Crippen molar-refractivity contribution < 1.29 is 48.6 Å². The third-order valence-corrected chi connectivity index (χ3v) is 0. The van der Waals surface area contributed by atoms with Crippen molar-refractivity contribution in [2.24, 2.45) is 0 Å². The first-order chi connectivity index (χ1) is 0. The minimum Gasteiger partial charge on any atom is 0 e. The van der Waals surface area contributed by atoms with Gasteiger partial charge in [0.25, 0.3) is 0 Å². The first-order valence-corrected chi connectivity index (χ1v) is 0. The average molecular weight is 720 g/mol. The molecule has 5 heavy (non-hydrogen) atoms. The van der Waals surface area contributed by atoms with Crippen LogP contribution in [0.25, 0.3) is 0 Å². The Hall–Kier alpha value is 4.29. The molecule has 22 valence electrons. The van der Waals surface area contributed by atoms with Gasteiger partial charge in [-0.3, -0.25) is 0 Å². The fraction of sp³-hybridized carbons (Fsp3) is 0. The van der Waals surface area contributed by atoms with Gasteiger partial charge >= 0.3 is 0 Å². The van der Waals surface area contributed by atoms with Gasteiger partial charge in [0, 0.05) is 128 Å². The maximum atomic E-state index is 0. The van der Waals surface area contributed by atoms with E-state index in [1.54, 1.807) is 0 Å². The molecular formula is NbPb2SbZr. The predicted molar refractivity (Wildman–Crippen MR) is 17.3 cm³/mol. The molecule has 0 unspecified atom stereocenters. The second-order valence-corrected chi connectivity index (χ2v) is 0. The fourth-order valence-electron chi connectivity index (χ4n) is 0. The molecule has 0 rings (SSSR count). The molecule has 0 N–H and O–H groups in total. The standard InChI is InChI=1S/Nb.2Pb.Sb.Zr. The van der Waals surface area contributed by atoms with Crippen molar-refractivity contribution in [3.05, 3.63) is 0 Å². The molecule has 12 radical (unpaired) electrons. The van der Waals surface area contributed by atoms with E-state index in [2.05, 4.69) is 0 Å². The molecule has 0 aromatic rings. The summed E-state index contributed by atoms with van der Waals surface area (Å²) in [5, 5.41) is 0. The largest absolute Gasteiger partial charge is 0 e. The minimum absolute atomic E-state index is 0. The summed E-state index contributed by atoms with van der Waals surface area (Å²) in [5.74, 6) is 0. The minimum atomic E-state index is 0. The van der Waals surface area contributed by atoms with Gasteiger partial charge in [-0.2, -0.15) is 0 Å². The molecule has 0 heterocycles. The molecule has 0 aliphatic heterocycles. The Balaban J connectivity index is 0. The van der Waals surface area contributed by atoms with Crippen molar-refractivity contribution in [2.75, 3.05) is 0 Å². The summed E-state index contributed by atoms with van der Waals surface area (Å²) in [6, 6.07) is 0. The van der Waals surface area contributed by atoms with Crippen LogP contribution in [0, 0.1) is 0 Å². The van der Waals surface area contributed by atoms with E-state index >= 15 is 0 Å². The number of hydrogen-bond donors (Lipinski definition) is 0. The van der Waals surface area contributed by atoms with Crippen LogP contribution in [0.4, 0.5) is 0 Å². The quantitative estimate of drug-likeness (QED) is 0.278. The van der Waals surface area contributed by atoms with E-state index in [0.717, 1.165) is 0 Å². The molecular weight excluding hydrogens is 720 g/mol. The van der Waals surface area contributed by atoms with Crippen molar-refractivity contribution >= 4 is 79.0 Å². The first kappa shape index (κ1) is 34.7. The van der Waals surface area contributed by atoms with Crippen molar-refractivity contribution in [1.29, 1.82) is 0 Å². The number of hydrogen-bond acceptors (Lipinski definition) is 0. The summed E-state index contributed by atoms with van der Waals surface area (Å²) < 4.78 is 0. The third-order valence-electron chi connectivity index (χ3n) is 0. The zero-order valence-corrected chi connectivity index (χ0v) is 17.4. The first-order valence-electron chi connectivity index (χ1n) is 0. The summed E-state index contributed by atoms with van der Waals surface area (Å²) in [6.07, 6.45) is 0. The van der Waals surface area contributed by atoms with Gasteiger partial charge in [-0.25, -0.2) is 0 Å². The molecule has 0 aliphatic carbocycles. The summed E-state index contributed by atoms with van der Waals surface area (Å²) >= 11 is 0. The van der Waals surface area contributed by atoms with E-state index < -0.39 is 0 Å². The van der Waals surface area contributed by atoms with Crippen LogP contribution >= 0.6 is 0 Å². The fourth-order valence-corrected chi connectivity index (χ4v) is 0. The van der Waals surface area contributed by atoms with Gasteiger partial charge in [0.2, 0.25) is 0 Å². The van der Waals surface area contributed by atoms with Crippen LogP contribution in [-0.4, -0.2) is 79.0 Å². The summed E-state index contributed by atoms with van der Waals surface area (Å²) in [4.78, 5) is 0. The molecule has 0 amide bonds. The van der Waals surface area contributed by atoms with E-state index in [4.69, 9.17) is 0 Å². The van der Waals surface area contributed by atoms with Crippen LogP contribution in [0.2, 0.25) is 0 Å². The van der Waals surface area contributed by atoms with Crippen molar-refractivity contribution in [3.8, 4) is 0 Å². The van der Waals surface area contributed by atoms with E-state index in [9.17, 15) is 0 Å². The maximum Gasteiger partial charge on any atom is 0 e.